The second-order valence-electron chi connectivity index (χ2n) is 6.44. The fraction of sp³-hybridized carbons (Fsp3) is 0.667. The Morgan fingerprint density at radius 1 is 1.20 bits per heavy atom. The molecule has 1 aliphatic heterocycles. The molecule has 0 bridgehead atoms. The molecule has 0 saturated carbocycles. The van der Waals surface area contributed by atoms with E-state index in [9.17, 15) is 0 Å². The summed E-state index contributed by atoms with van der Waals surface area (Å²) in [4.78, 5) is 2.83. The molecule has 2 nitrogen and oxygen atoms in total. The second-order valence-corrected chi connectivity index (χ2v) is 6.44. The van der Waals surface area contributed by atoms with Gasteiger partial charge in [-0.15, -0.1) is 0 Å². The van der Waals surface area contributed by atoms with E-state index in [-0.39, 0.29) is 0 Å². The lowest BCUT2D eigenvalue weighted by Gasteiger charge is -2.37. The van der Waals surface area contributed by atoms with Crippen molar-refractivity contribution in [3.05, 3.63) is 35.4 Å². The van der Waals surface area contributed by atoms with E-state index < -0.39 is 0 Å². The molecule has 0 aromatic heterocycles. The Hall–Kier alpha value is -0.860. The van der Waals surface area contributed by atoms with Gasteiger partial charge in [0.15, 0.2) is 0 Å². The van der Waals surface area contributed by atoms with Crippen LogP contribution in [0.3, 0.4) is 0 Å². The zero-order chi connectivity index (χ0) is 14.1. The Labute approximate surface area is 123 Å². The van der Waals surface area contributed by atoms with Crippen LogP contribution in [0.25, 0.3) is 0 Å². The maximum absolute atomic E-state index is 3.75. The lowest BCUT2D eigenvalue weighted by Crippen LogP contribution is -2.48. The molecule has 2 heteroatoms. The van der Waals surface area contributed by atoms with Gasteiger partial charge < -0.3 is 5.32 Å². The van der Waals surface area contributed by atoms with Gasteiger partial charge in [0.2, 0.25) is 0 Å². The first-order valence-electron chi connectivity index (χ1n) is 8.34. The number of hydrogen-bond donors (Lipinski definition) is 1. The summed E-state index contributed by atoms with van der Waals surface area (Å²) in [6.45, 7) is 8.04. The molecule has 1 N–H and O–H groups in total. The van der Waals surface area contributed by atoms with Gasteiger partial charge in [0.05, 0.1) is 0 Å². The quantitative estimate of drug-likeness (QED) is 0.902. The second kappa shape index (κ2) is 5.87. The Balaban J connectivity index is 1.90. The highest BCUT2D eigenvalue weighted by atomic mass is 15.3. The Morgan fingerprint density at radius 3 is 2.75 bits per heavy atom. The lowest BCUT2D eigenvalue weighted by atomic mass is 10.0. The highest BCUT2D eigenvalue weighted by molar-refractivity contribution is 5.37. The SMILES string of the molecule is CCNC1c2ccccc2CC1N1C(C)CCC1CC. The number of nitrogens with zero attached hydrogens (tertiary/aromatic N) is 1. The van der Waals surface area contributed by atoms with Crippen LogP contribution in [0.15, 0.2) is 24.3 Å². The number of rotatable bonds is 4. The molecule has 2 aliphatic rings. The fourth-order valence-corrected chi connectivity index (χ4v) is 4.42. The summed E-state index contributed by atoms with van der Waals surface area (Å²) in [6, 6.07) is 11.7. The molecule has 4 atom stereocenters. The minimum Gasteiger partial charge on any atom is -0.309 e. The van der Waals surface area contributed by atoms with Gasteiger partial charge >= 0.3 is 0 Å². The van der Waals surface area contributed by atoms with Crippen molar-refractivity contribution < 1.29 is 0 Å². The van der Waals surface area contributed by atoms with Gasteiger partial charge in [-0.2, -0.15) is 0 Å². The topological polar surface area (TPSA) is 15.3 Å². The van der Waals surface area contributed by atoms with Gasteiger partial charge in [0.1, 0.15) is 0 Å². The zero-order valence-corrected chi connectivity index (χ0v) is 13.1. The van der Waals surface area contributed by atoms with Crippen LogP contribution >= 0.6 is 0 Å². The summed E-state index contributed by atoms with van der Waals surface area (Å²) >= 11 is 0. The van der Waals surface area contributed by atoms with Gasteiger partial charge in [-0.05, 0) is 50.3 Å². The average Bonchev–Trinajstić information content (AvgIpc) is 3.00. The zero-order valence-electron chi connectivity index (χ0n) is 13.1. The van der Waals surface area contributed by atoms with Crippen molar-refractivity contribution in [3.63, 3.8) is 0 Å². The van der Waals surface area contributed by atoms with Crippen LogP contribution in [0, 0.1) is 0 Å². The van der Waals surface area contributed by atoms with Crippen LogP contribution in [-0.2, 0) is 6.42 Å². The van der Waals surface area contributed by atoms with E-state index in [2.05, 4.69) is 55.3 Å². The summed E-state index contributed by atoms with van der Waals surface area (Å²) < 4.78 is 0. The largest absolute Gasteiger partial charge is 0.309 e. The molecule has 0 radical (unpaired) electrons. The minimum atomic E-state index is 0.519. The van der Waals surface area contributed by atoms with Gasteiger partial charge in [-0.3, -0.25) is 4.90 Å². The van der Waals surface area contributed by atoms with Gasteiger partial charge in [0.25, 0.3) is 0 Å². The summed E-state index contributed by atoms with van der Waals surface area (Å²) in [7, 11) is 0. The maximum atomic E-state index is 3.75. The predicted molar refractivity (Wildman–Crippen MR) is 85.0 cm³/mol. The van der Waals surface area contributed by atoms with Crippen molar-refractivity contribution in [1.82, 2.24) is 10.2 Å². The molecule has 0 spiro atoms. The van der Waals surface area contributed by atoms with Crippen LogP contribution in [-0.4, -0.2) is 29.6 Å². The summed E-state index contributed by atoms with van der Waals surface area (Å²) in [5.41, 5.74) is 3.09. The molecule has 110 valence electrons. The first-order chi connectivity index (χ1) is 9.76. The number of fused-ring (bicyclic) bond motifs is 1. The third kappa shape index (κ3) is 2.29. The highest BCUT2D eigenvalue weighted by Gasteiger charge is 2.42. The number of likely N-dealkylation sites (tertiary alicyclic amines) is 1. The van der Waals surface area contributed by atoms with E-state index in [1.165, 1.54) is 31.2 Å². The monoisotopic (exact) mass is 272 g/mol. The predicted octanol–water partition coefficient (Wildman–Crippen LogP) is 3.52. The van der Waals surface area contributed by atoms with E-state index in [1.54, 1.807) is 5.56 Å². The molecular formula is C18H28N2. The van der Waals surface area contributed by atoms with Gasteiger partial charge in [-0.1, -0.05) is 38.1 Å². The van der Waals surface area contributed by atoms with Crippen molar-refractivity contribution in [1.29, 1.82) is 0 Å². The number of hydrogen-bond acceptors (Lipinski definition) is 2. The summed E-state index contributed by atoms with van der Waals surface area (Å²) in [5.74, 6) is 0. The molecule has 4 unspecified atom stereocenters. The molecule has 1 aromatic carbocycles. The molecule has 1 saturated heterocycles. The van der Waals surface area contributed by atoms with Crippen LogP contribution < -0.4 is 5.32 Å². The van der Waals surface area contributed by atoms with Crippen molar-refractivity contribution in [2.75, 3.05) is 6.54 Å². The number of benzene rings is 1. The van der Waals surface area contributed by atoms with Crippen molar-refractivity contribution in [2.45, 2.75) is 70.6 Å². The molecule has 3 rings (SSSR count). The fourth-order valence-electron chi connectivity index (χ4n) is 4.42. The number of likely N-dealkylation sites (N-methyl/N-ethyl adjacent to an activating group) is 1. The van der Waals surface area contributed by atoms with Gasteiger partial charge in [-0.25, -0.2) is 0 Å². The first-order valence-corrected chi connectivity index (χ1v) is 8.34. The van der Waals surface area contributed by atoms with Crippen LogP contribution in [0.4, 0.5) is 0 Å². The molecule has 1 aromatic rings. The van der Waals surface area contributed by atoms with Crippen LogP contribution in [0.1, 0.15) is 57.2 Å². The molecule has 0 amide bonds. The van der Waals surface area contributed by atoms with E-state index in [1.807, 2.05) is 0 Å². The van der Waals surface area contributed by atoms with Gasteiger partial charge in [0, 0.05) is 24.2 Å². The van der Waals surface area contributed by atoms with E-state index in [0.717, 1.165) is 18.6 Å². The normalized spacial score (nSPS) is 33.5. The molecule has 1 aliphatic carbocycles. The third-order valence-corrected chi connectivity index (χ3v) is 5.33. The van der Waals surface area contributed by atoms with E-state index >= 15 is 0 Å². The smallest absolute Gasteiger partial charge is 0.0484 e. The molecular weight excluding hydrogens is 244 g/mol. The minimum absolute atomic E-state index is 0.519. The third-order valence-electron chi connectivity index (χ3n) is 5.33. The van der Waals surface area contributed by atoms with Crippen LogP contribution in [0.2, 0.25) is 0 Å². The summed E-state index contributed by atoms with van der Waals surface area (Å²) in [5, 5.41) is 3.75. The molecule has 1 fully saturated rings. The van der Waals surface area contributed by atoms with Crippen molar-refractivity contribution in [2.24, 2.45) is 0 Å². The van der Waals surface area contributed by atoms with Crippen LogP contribution in [0.5, 0.6) is 0 Å². The van der Waals surface area contributed by atoms with E-state index in [0.29, 0.717) is 12.1 Å². The van der Waals surface area contributed by atoms with Crippen molar-refractivity contribution >= 4 is 0 Å². The average molecular weight is 272 g/mol. The Kier molecular flexibility index (Phi) is 4.13. The maximum Gasteiger partial charge on any atom is 0.0484 e. The standard InChI is InChI=1S/C18H28N2/c1-4-15-11-10-13(3)20(15)17-12-14-8-6-7-9-16(14)18(17)19-5-2/h6-9,13,15,17-19H,4-5,10-12H2,1-3H3. The molecule has 20 heavy (non-hydrogen) atoms. The first kappa shape index (κ1) is 14.1. The van der Waals surface area contributed by atoms with Crippen molar-refractivity contribution in [3.8, 4) is 0 Å². The lowest BCUT2D eigenvalue weighted by molar-refractivity contribution is 0.111. The number of nitrogens with one attached hydrogen (secondary N) is 1. The van der Waals surface area contributed by atoms with E-state index in [4.69, 9.17) is 0 Å². The summed E-state index contributed by atoms with van der Waals surface area (Å²) in [6.07, 6.45) is 5.25. The Bertz CT molecular complexity index is 456. The molecule has 1 heterocycles. The Morgan fingerprint density at radius 2 is 2.00 bits per heavy atom. The highest BCUT2D eigenvalue weighted by Crippen LogP contribution is 2.40.